The van der Waals surface area contributed by atoms with Gasteiger partial charge in [0.2, 0.25) is 6.29 Å². The van der Waals surface area contributed by atoms with Crippen molar-refractivity contribution in [2.45, 2.75) is 46.6 Å². The molecule has 1 saturated carbocycles. The summed E-state index contributed by atoms with van der Waals surface area (Å²) in [5.74, 6) is -0.503. The molecule has 1 aliphatic rings. The summed E-state index contributed by atoms with van der Waals surface area (Å²) in [6.07, 6.45) is -4.92. The summed E-state index contributed by atoms with van der Waals surface area (Å²) in [4.78, 5) is 11.7. The van der Waals surface area contributed by atoms with E-state index in [4.69, 9.17) is 4.74 Å². The minimum Gasteiger partial charge on any atom is -0.436 e. The molecular weight excluding hydrogens is 237 g/mol. The monoisotopic (exact) mass is 254 g/mol. The van der Waals surface area contributed by atoms with Crippen LogP contribution in [0.4, 0.5) is 13.2 Å². The maximum absolute atomic E-state index is 11.9. The van der Waals surface area contributed by atoms with Gasteiger partial charge in [-0.25, -0.2) is 0 Å². The van der Waals surface area contributed by atoms with Gasteiger partial charge < -0.3 is 9.47 Å². The van der Waals surface area contributed by atoms with Crippen LogP contribution in [-0.4, -0.2) is 25.0 Å². The zero-order chi connectivity index (χ0) is 13.5. The fourth-order valence-electron chi connectivity index (χ4n) is 1.71. The van der Waals surface area contributed by atoms with Gasteiger partial charge in [0.25, 0.3) is 0 Å². The lowest BCUT2D eigenvalue weighted by atomic mass is 9.99. The smallest absolute Gasteiger partial charge is 0.411 e. The molecule has 3 nitrogen and oxygen atoms in total. The van der Waals surface area contributed by atoms with E-state index in [1.165, 1.54) is 6.92 Å². The Morgan fingerprint density at radius 2 is 1.82 bits per heavy atom. The van der Waals surface area contributed by atoms with E-state index in [1.54, 1.807) is 6.92 Å². The highest BCUT2D eigenvalue weighted by atomic mass is 19.4. The number of ether oxygens (including phenoxy) is 2. The van der Waals surface area contributed by atoms with Crippen molar-refractivity contribution in [3.63, 3.8) is 0 Å². The van der Waals surface area contributed by atoms with E-state index >= 15 is 0 Å². The van der Waals surface area contributed by atoms with E-state index < -0.39 is 30.5 Å². The van der Waals surface area contributed by atoms with E-state index in [-0.39, 0.29) is 5.41 Å². The Kier molecular flexibility index (Phi) is 3.49. The maximum atomic E-state index is 11.9. The van der Waals surface area contributed by atoms with Gasteiger partial charge in [0, 0.05) is 0 Å². The standard InChI is InChI=1S/C11H17F3O3/c1-7(16-6-11(12,13)14)17-8(15)10(4)5-9(10,2)3/h7H,5-6H2,1-4H3. The number of carbonyl (C=O) groups excluding carboxylic acids is 1. The Labute approximate surface area is 98.3 Å². The third kappa shape index (κ3) is 3.34. The number of hydrogen-bond donors (Lipinski definition) is 0. The number of hydrogen-bond acceptors (Lipinski definition) is 3. The van der Waals surface area contributed by atoms with Crippen LogP contribution < -0.4 is 0 Å². The number of rotatable bonds is 4. The van der Waals surface area contributed by atoms with Crippen LogP contribution in [0.2, 0.25) is 0 Å². The van der Waals surface area contributed by atoms with Crippen LogP contribution in [0.3, 0.4) is 0 Å². The Bertz CT molecular complexity index is 312. The number of carbonyl (C=O) groups is 1. The van der Waals surface area contributed by atoms with Crippen molar-refractivity contribution in [3.05, 3.63) is 0 Å². The van der Waals surface area contributed by atoms with Gasteiger partial charge in [0.05, 0.1) is 5.41 Å². The van der Waals surface area contributed by atoms with Crippen LogP contribution in [0.15, 0.2) is 0 Å². The molecule has 17 heavy (non-hydrogen) atoms. The summed E-state index contributed by atoms with van der Waals surface area (Å²) < 4.78 is 44.8. The highest BCUT2D eigenvalue weighted by Crippen LogP contribution is 2.63. The summed E-state index contributed by atoms with van der Waals surface area (Å²) in [5.41, 5.74) is -0.767. The first kappa shape index (κ1) is 14.3. The summed E-state index contributed by atoms with van der Waals surface area (Å²) in [6.45, 7) is 5.43. The summed E-state index contributed by atoms with van der Waals surface area (Å²) >= 11 is 0. The van der Waals surface area contributed by atoms with Gasteiger partial charge in [0.15, 0.2) is 0 Å². The molecule has 0 amide bonds. The van der Waals surface area contributed by atoms with Crippen molar-refractivity contribution >= 4 is 5.97 Å². The molecule has 0 aromatic rings. The first-order valence-corrected chi connectivity index (χ1v) is 5.37. The van der Waals surface area contributed by atoms with Crippen molar-refractivity contribution in [3.8, 4) is 0 Å². The zero-order valence-electron chi connectivity index (χ0n) is 10.4. The molecule has 2 atom stereocenters. The molecule has 1 rings (SSSR count). The second kappa shape index (κ2) is 4.15. The van der Waals surface area contributed by atoms with Gasteiger partial charge in [0.1, 0.15) is 6.61 Å². The highest BCUT2D eigenvalue weighted by Gasteiger charge is 2.64. The first-order valence-electron chi connectivity index (χ1n) is 5.37. The van der Waals surface area contributed by atoms with Crippen LogP contribution >= 0.6 is 0 Å². The molecule has 0 spiro atoms. The number of alkyl halides is 3. The molecule has 0 saturated heterocycles. The molecular formula is C11H17F3O3. The van der Waals surface area contributed by atoms with Crippen molar-refractivity contribution in [1.82, 2.24) is 0 Å². The molecule has 0 N–H and O–H groups in total. The molecule has 100 valence electrons. The largest absolute Gasteiger partial charge is 0.436 e. The van der Waals surface area contributed by atoms with E-state index in [2.05, 4.69) is 4.74 Å². The second-order valence-electron chi connectivity index (χ2n) is 5.29. The van der Waals surface area contributed by atoms with Crippen molar-refractivity contribution in [1.29, 1.82) is 0 Å². The van der Waals surface area contributed by atoms with Crippen LogP contribution in [0.25, 0.3) is 0 Å². The minimum absolute atomic E-state index is 0.159. The normalized spacial score (nSPS) is 28.6. The average Bonchev–Trinajstić information content (AvgIpc) is 2.63. The van der Waals surface area contributed by atoms with Crippen LogP contribution in [0.1, 0.15) is 34.1 Å². The van der Waals surface area contributed by atoms with E-state index in [0.717, 1.165) is 0 Å². The minimum atomic E-state index is -4.41. The number of halogens is 3. The Hall–Kier alpha value is -0.780. The fourth-order valence-corrected chi connectivity index (χ4v) is 1.71. The molecule has 0 aliphatic heterocycles. The molecule has 1 fully saturated rings. The SMILES string of the molecule is CC(OCC(F)(F)F)OC(=O)C1(C)CC1(C)C. The topological polar surface area (TPSA) is 35.5 Å². The summed E-state index contributed by atoms with van der Waals surface area (Å²) in [5, 5.41) is 0. The van der Waals surface area contributed by atoms with Gasteiger partial charge in [-0.3, -0.25) is 4.79 Å². The van der Waals surface area contributed by atoms with Crippen LogP contribution in [-0.2, 0) is 14.3 Å². The predicted octanol–water partition coefficient (Wildman–Crippen LogP) is 2.89. The molecule has 0 aromatic carbocycles. The third-order valence-electron chi connectivity index (χ3n) is 3.37. The maximum Gasteiger partial charge on any atom is 0.411 e. The Balaban J connectivity index is 2.38. The summed E-state index contributed by atoms with van der Waals surface area (Å²) in [6, 6.07) is 0. The van der Waals surface area contributed by atoms with Gasteiger partial charge >= 0.3 is 12.1 Å². The van der Waals surface area contributed by atoms with Crippen LogP contribution in [0.5, 0.6) is 0 Å². The van der Waals surface area contributed by atoms with Gasteiger partial charge in [-0.15, -0.1) is 0 Å². The molecule has 0 aromatic heterocycles. The van der Waals surface area contributed by atoms with E-state index in [0.29, 0.717) is 6.42 Å². The van der Waals surface area contributed by atoms with Crippen LogP contribution in [0, 0.1) is 10.8 Å². The predicted molar refractivity (Wildman–Crippen MR) is 54.1 cm³/mol. The quantitative estimate of drug-likeness (QED) is 0.571. The van der Waals surface area contributed by atoms with Gasteiger partial charge in [-0.2, -0.15) is 13.2 Å². The van der Waals surface area contributed by atoms with E-state index in [9.17, 15) is 18.0 Å². The molecule has 6 heteroatoms. The lowest BCUT2D eigenvalue weighted by molar-refractivity contribution is -0.226. The third-order valence-corrected chi connectivity index (χ3v) is 3.37. The molecule has 0 radical (unpaired) electrons. The summed E-state index contributed by atoms with van der Waals surface area (Å²) in [7, 11) is 0. The Morgan fingerprint density at radius 3 is 2.18 bits per heavy atom. The second-order valence-corrected chi connectivity index (χ2v) is 5.29. The first-order chi connectivity index (χ1) is 7.48. The Morgan fingerprint density at radius 1 is 1.35 bits per heavy atom. The van der Waals surface area contributed by atoms with Crippen molar-refractivity contribution in [2.24, 2.45) is 10.8 Å². The lowest BCUT2D eigenvalue weighted by Crippen LogP contribution is -2.29. The highest BCUT2D eigenvalue weighted by molar-refractivity contribution is 5.81. The molecule has 0 heterocycles. The van der Waals surface area contributed by atoms with Gasteiger partial charge in [-0.05, 0) is 25.7 Å². The molecule has 1 aliphatic carbocycles. The molecule has 0 bridgehead atoms. The van der Waals surface area contributed by atoms with Gasteiger partial charge in [-0.1, -0.05) is 13.8 Å². The lowest BCUT2D eigenvalue weighted by Gasteiger charge is -2.19. The number of esters is 1. The fraction of sp³-hybridized carbons (Fsp3) is 0.909. The molecule has 2 unspecified atom stereocenters. The van der Waals surface area contributed by atoms with Crippen molar-refractivity contribution in [2.75, 3.05) is 6.61 Å². The zero-order valence-corrected chi connectivity index (χ0v) is 10.4. The average molecular weight is 254 g/mol. The van der Waals surface area contributed by atoms with Crippen molar-refractivity contribution < 1.29 is 27.4 Å². The van der Waals surface area contributed by atoms with E-state index in [1.807, 2.05) is 13.8 Å².